The molecule has 4 aromatic rings. The molecule has 9 heteroatoms. The summed E-state index contributed by atoms with van der Waals surface area (Å²) < 4.78 is 4.89. The minimum Gasteiger partial charge on any atom is -0.427 e. The molecule has 3 amide bonds. The predicted octanol–water partition coefficient (Wildman–Crippen LogP) is 5.62. The first-order valence-corrected chi connectivity index (χ1v) is 15.8. The Morgan fingerprint density at radius 3 is 2.43 bits per heavy atom. The summed E-state index contributed by atoms with van der Waals surface area (Å²) in [4.78, 5) is 41.9. The Balaban J connectivity index is 1.17. The van der Waals surface area contributed by atoms with Crippen LogP contribution >= 0.6 is 0 Å². The summed E-state index contributed by atoms with van der Waals surface area (Å²) in [7, 11) is 2.94. The van der Waals surface area contributed by atoms with E-state index in [1.54, 1.807) is 24.3 Å². The molecule has 1 fully saturated rings. The molecule has 1 saturated carbocycles. The molecule has 2 aliphatic rings. The second-order valence-corrected chi connectivity index (χ2v) is 12.1. The molecule has 1 aliphatic heterocycles. The maximum Gasteiger partial charge on any atom is 0.396 e. The van der Waals surface area contributed by atoms with Gasteiger partial charge in [-0.05, 0) is 84.2 Å². The number of nitrogens with one attached hydrogen (secondary N) is 3. The molecule has 4 aromatic carbocycles. The first-order valence-electron chi connectivity index (χ1n) is 15.8. The van der Waals surface area contributed by atoms with Gasteiger partial charge >= 0.3 is 7.62 Å². The molecule has 1 radical (unpaired) electrons. The number of nitrogens with zero attached hydrogens (tertiary/aromatic N) is 1. The molecule has 1 aliphatic carbocycles. The van der Waals surface area contributed by atoms with E-state index in [1.807, 2.05) is 77.7 Å². The van der Waals surface area contributed by atoms with Crippen LogP contribution in [-0.2, 0) is 15.9 Å². The summed E-state index contributed by atoms with van der Waals surface area (Å²) in [5.41, 5.74) is 5.46. The highest BCUT2D eigenvalue weighted by Gasteiger charge is 2.46. The van der Waals surface area contributed by atoms with Crippen LogP contribution in [0.1, 0.15) is 52.0 Å². The van der Waals surface area contributed by atoms with Crippen LogP contribution in [0.5, 0.6) is 0 Å². The van der Waals surface area contributed by atoms with E-state index < -0.39 is 0 Å². The molecule has 1 heterocycles. The summed E-state index contributed by atoms with van der Waals surface area (Å²) in [6, 6.07) is 32.6. The molecule has 46 heavy (non-hydrogen) atoms. The third-order valence-corrected chi connectivity index (χ3v) is 9.26. The average Bonchev–Trinajstić information content (AvgIpc) is 3.37. The van der Waals surface area contributed by atoms with Crippen LogP contribution < -0.4 is 20.8 Å². The quantitative estimate of drug-likeness (QED) is 0.168. The van der Waals surface area contributed by atoms with Crippen molar-refractivity contribution < 1.29 is 19.0 Å². The SMILES string of the molecule is CO[B]NCC(=O)NC1CCCC12CCN(C(=O)c1ccc(NC(=O)c3ccccc3-c3ccccc3)cc1)c1ccccc1C2. The number of amides is 3. The van der Waals surface area contributed by atoms with E-state index >= 15 is 0 Å². The number of benzene rings is 4. The van der Waals surface area contributed by atoms with Crippen molar-refractivity contribution >= 4 is 36.7 Å². The Bertz CT molecular complexity index is 1700. The van der Waals surface area contributed by atoms with E-state index in [4.69, 9.17) is 4.65 Å². The molecule has 233 valence electrons. The lowest BCUT2D eigenvalue weighted by Gasteiger charge is -2.35. The molecule has 0 aromatic heterocycles. The molecule has 0 saturated heterocycles. The number of carbonyl (C=O) groups is 3. The monoisotopic (exact) mass is 613 g/mol. The van der Waals surface area contributed by atoms with Gasteiger partial charge in [-0.15, -0.1) is 0 Å². The number of rotatable bonds is 9. The molecular weight excluding hydrogens is 575 g/mol. The second-order valence-electron chi connectivity index (χ2n) is 12.1. The Labute approximate surface area is 270 Å². The zero-order valence-corrected chi connectivity index (χ0v) is 26.0. The van der Waals surface area contributed by atoms with Gasteiger partial charge in [-0.3, -0.25) is 14.4 Å². The van der Waals surface area contributed by atoms with E-state index in [2.05, 4.69) is 21.9 Å². The van der Waals surface area contributed by atoms with Gasteiger partial charge in [0, 0.05) is 42.2 Å². The van der Waals surface area contributed by atoms with E-state index in [1.165, 1.54) is 14.7 Å². The third-order valence-electron chi connectivity index (χ3n) is 9.26. The van der Waals surface area contributed by atoms with Gasteiger partial charge in [0.05, 0.1) is 6.54 Å². The van der Waals surface area contributed by atoms with Crippen LogP contribution in [0.15, 0.2) is 103 Å². The van der Waals surface area contributed by atoms with Crippen molar-refractivity contribution in [1.82, 2.24) is 10.5 Å². The summed E-state index contributed by atoms with van der Waals surface area (Å²) in [5, 5.41) is 9.13. The Kier molecular flexibility index (Phi) is 9.61. The van der Waals surface area contributed by atoms with Crippen molar-refractivity contribution in [3.8, 4) is 11.1 Å². The Morgan fingerprint density at radius 2 is 1.63 bits per heavy atom. The van der Waals surface area contributed by atoms with Crippen LogP contribution in [0.3, 0.4) is 0 Å². The number of carbonyl (C=O) groups excluding carboxylic acids is 3. The van der Waals surface area contributed by atoms with Gasteiger partial charge < -0.3 is 25.4 Å². The normalized spacial score (nSPS) is 18.8. The molecule has 2 unspecified atom stereocenters. The lowest BCUT2D eigenvalue weighted by molar-refractivity contribution is -0.121. The maximum absolute atomic E-state index is 14.0. The number of para-hydroxylation sites is 1. The molecule has 3 N–H and O–H groups in total. The maximum atomic E-state index is 14.0. The molecule has 2 atom stereocenters. The van der Waals surface area contributed by atoms with Gasteiger partial charge in [0.2, 0.25) is 5.91 Å². The predicted molar refractivity (Wildman–Crippen MR) is 182 cm³/mol. The number of fused-ring (bicyclic) bond motifs is 1. The first-order chi connectivity index (χ1) is 22.5. The van der Waals surface area contributed by atoms with Crippen LogP contribution in [0.25, 0.3) is 11.1 Å². The minimum absolute atomic E-state index is 0.0300. The zero-order chi connectivity index (χ0) is 31.9. The van der Waals surface area contributed by atoms with E-state index in [9.17, 15) is 14.4 Å². The molecule has 8 nitrogen and oxygen atoms in total. The van der Waals surface area contributed by atoms with E-state index in [-0.39, 0.29) is 35.7 Å². The van der Waals surface area contributed by atoms with Crippen LogP contribution in [0.4, 0.5) is 11.4 Å². The fourth-order valence-corrected chi connectivity index (χ4v) is 7.00. The summed E-state index contributed by atoms with van der Waals surface area (Å²) in [6.45, 7) is 0.699. The van der Waals surface area contributed by atoms with Gasteiger partial charge in [0.1, 0.15) is 0 Å². The standard InChI is InChI=1S/C37H38BN4O4/c1-46-38-39-25-34(43)41-33-16-9-21-37(33)22-23-42(32-15-8-5-12-28(32)24-37)36(45)27-17-19-29(20-18-27)40-35(44)31-14-7-6-13-30(31)26-10-3-2-4-11-26/h2-8,10-15,17-20,33,39H,9,16,21-25H2,1H3,(H,40,44)(H,41,43). The molecular formula is C37H38BN4O4. The van der Waals surface area contributed by atoms with E-state index in [0.29, 0.717) is 23.4 Å². The van der Waals surface area contributed by atoms with Crippen molar-refractivity contribution in [2.75, 3.05) is 30.4 Å². The third kappa shape index (κ3) is 6.76. The molecule has 6 rings (SSSR count). The van der Waals surface area contributed by atoms with Crippen molar-refractivity contribution in [3.63, 3.8) is 0 Å². The van der Waals surface area contributed by atoms with Crippen LogP contribution in [-0.4, -0.2) is 51.6 Å². The zero-order valence-electron chi connectivity index (χ0n) is 26.0. The summed E-state index contributed by atoms with van der Waals surface area (Å²) in [5.74, 6) is -0.369. The van der Waals surface area contributed by atoms with Crippen molar-refractivity contribution in [3.05, 3.63) is 120 Å². The fourth-order valence-electron chi connectivity index (χ4n) is 7.00. The van der Waals surface area contributed by atoms with Gasteiger partial charge in [-0.25, -0.2) is 0 Å². The van der Waals surface area contributed by atoms with Crippen molar-refractivity contribution in [2.24, 2.45) is 5.41 Å². The van der Waals surface area contributed by atoms with Crippen molar-refractivity contribution in [1.29, 1.82) is 0 Å². The van der Waals surface area contributed by atoms with Gasteiger partial charge in [0.25, 0.3) is 11.8 Å². The lowest BCUT2D eigenvalue weighted by atomic mass is 9.74. The highest BCUT2D eigenvalue weighted by molar-refractivity contribution is 6.24. The van der Waals surface area contributed by atoms with Crippen molar-refractivity contribution in [2.45, 2.75) is 38.1 Å². The minimum atomic E-state index is -0.212. The highest BCUT2D eigenvalue weighted by Crippen LogP contribution is 2.47. The average molecular weight is 614 g/mol. The number of hydrogen-bond donors (Lipinski definition) is 3. The summed E-state index contributed by atoms with van der Waals surface area (Å²) >= 11 is 0. The van der Waals surface area contributed by atoms with Crippen LogP contribution in [0, 0.1) is 5.41 Å². The number of anilines is 2. The van der Waals surface area contributed by atoms with Gasteiger partial charge in [0.15, 0.2) is 0 Å². The van der Waals surface area contributed by atoms with Gasteiger partial charge in [-0.2, -0.15) is 0 Å². The molecule has 0 bridgehead atoms. The Hall–Kier alpha value is -4.73. The highest BCUT2D eigenvalue weighted by atomic mass is 16.4. The topological polar surface area (TPSA) is 99.8 Å². The molecule has 1 spiro atoms. The largest absolute Gasteiger partial charge is 0.427 e. The van der Waals surface area contributed by atoms with E-state index in [0.717, 1.165) is 54.5 Å². The number of hydrogen-bond acceptors (Lipinski definition) is 5. The summed E-state index contributed by atoms with van der Waals surface area (Å²) in [6.07, 6.45) is 4.52. The Morgan fingerprint density at radius 1 is 0.891 bits per heavy atom. The second kappa shape index (κ2) is 14.1. The smallest absolute Gasteiger partial charge is 0.396 e. The fraction of sp³-hybridized carbons (Fsp3) is 0.270. The van der Waals surface area contributed by atoms with Crippen LogP contribution in [0.2, 0.25) is 0 Å². The van der Waals surface area contributed by atoms with Gasteiger partial charge in [-0.1, -0.05) is 73.2 Å². The first kappa shape index (κ1) is 31.3. The lowest BCUT2D eigenvalue weighted by Crippen LogP contribution is -2.49.